The summed E-state index contributed by atoms with van der Waals surface area (Å²) in [6.07, 6.45) is 4.12. The normalized spacial score (nSPS) is 15.9. The minimum Gasteiger partial charge on any atom is -0.483 e. The van der Waals surface area contributed by atoms with Crippen molar-refractivity contribution in [1.29, 1.82) is 0 Å². The molecule has 17 heavy (non-hydrogen) atoms. The van der Waals surface area contributed by atoms with E-state index in [0.29, 0.717) is 17.6 Å². The van der Waals surface area contributed by atoms with Gasteiger partial charge in [0, 0.05) is 5.56 Å². The summed E-state index contributed by atoms with van der Waals surface area (Å²) in [5.41, 5.74) is 0.00685. The summed E-state index contributed by atoms with van der Waals surface area (Å²) >= 11 is 0. The molecule has 1 aliphatic heterocycles. The molecule has 0 amide bonds. The average Bonchev–Trinajstić information content (AvgIpc) is 2.26. The maximum absolute atomic E-state index is 10.8. The number of fused-ring (bicyclic) bond motifs is 1. The van der Waals surface area contributed by atoms with Crippen LogP contribution in [0.3, 0.4) is 0 Å². The zero-order valence-corrected chi connectivity index (χ0v) is 9.47. The fraction of sp³-hybridized carbons (Fsp3) is 0.250. The van der Waals surface area contributed by atoms with Gasteiger partial charge in [-0.1, -0.05) is 6.08 Å². The third-order valence-electron chi connectivity index (χ3n) is 2.52. The van der Waals surface area contributed by atoms with E-state index in [1.807, 2.05) is 19.9 Å². The molecule has 0 N–H and O–H groups in total. The lowest BCUT2D eigenvalue weighted by atomic mass is 10.00. The highest BCUT2D eigenvalue weighted by Crippen LogP contribution is 2.35. The molecule has 0 fully saturated rings. The molecule has 1 aromatic carbocycles. The van der Waals surface area contributed by atoms with Crippen LogP contribution in [0.15, 0.2) is 18.2 Å². The maximum atomic E-state index is 10.8. The zero-order chi connectivity index (χ0) is 12.6. The molecule has 0 radical (unpaired) electrons. The first kappa shape index (κ1) is 11.3. The van der Waals surface area contributed by atoms with Gasteiger partial charge in [-0.05, 0) is 26.0 Å². The topological polar surface area (TPSA) is 69.4 Å². The van der Waals surface area contributed by atoms with E-state index in [4.69, 9.17) is 4.74 Å². The van der Waals surface area contributed by atoms with Crippen molar-refractivity contribution < 1.29 is 14.5 Å². The molecule has 1 aromatic rings. The van der Waals surface area contributed by atoms with Crippen molar-refractivity contribution in [1.82, 2.24) is 0 Å². The summed E-state index contributed by atoms with van der Waals surface area (Å²) in [6.45, 7) is 3.71. The van der Waals surface area contributed by atoms with E-state index in [9.17, 15) is 14.9 Å². The van der Waals surface area contributed by atoms with Crippen LogP contribution in [0, 0.1) is 10.1 Å². The molecule has 5 nitrogen and oxygen atoms in total. The van der Waals surface area contributed by atoms with Crippen LogP contribution in [0.4, 0.5) is 5.69 Å². The van der Waals surface area contributed by atoms with Crippen molar-refractivity contribution in [3.8, 4) is 5.75 Å². The minimum absolute atomic E-state index is 0.0571. The number of aldehydes is 1. The number of rotatable bonds is 2. The van der Waals surface area contributed by atoms with Gasteiger partial charge in [0.15, 0.2) is 6.29 Å². The highest BCUT2D eigenvalue weighted by Gasteiger charge is 2.25. The fourth-order valence-electron chi connectivity index (χ4n) is 1.68. The second-order valence-corrected chi connectivity index (χ2v) is 4.36. The van der Waals surface area contributed by atoms with Gasteiger partial charge in [-0.15, -0.1) is 0 Å². The van der Waals surface area contributed by atoms with Gasteiger partial charge in [0.25, 0.3) is 5.69 Å². The van der Waals surface area contributed by atoms with E-state index in [1.165, 1.54) is 12.1 Å². The van der Waals surface area contributed by atoms with Gasteiger partial charge >= 0.3 is 0 Å². The van der Waals surface area contributed by atoms with Crippen molar-refractivity contribution in [2.75, 3.05) is 0 Å². The Kier molecular flexibility index (Phi) is 2.46. The molecule has 0 unspecified atom stereocenters. The van der Waals surface area contributed by atoms with Crippen LogP contribution in [-0.4, -0.2) is 16.8 Å². The van der Waals surface area contributed by atoms with E-state index in [-0.39, 0.29) is 11.3 Å². The fourth-order valence-corrected chi connectivity index (χ4v) is 1.68. The van der Waals surface area contributed by atoms with Gasteiger partial charge in [-0.2, -0.15) is 0 Å². The Balaban J connectivity index is 2.59. The largest absolute Gasteiger partial charge is 0.483 e. The van der Waals surface area contributed by atoms with Crippen molar-refractivity contribution in [3.05, 3.63) is 39.4 Å². The number of carbonyl (C=O) groups excluding carboxylic acids is 1. The quantitative estimate of drug-likeness (QED) is 0.447. The molecule has 5 heteroatoms. The van der Waals surface area contributed by atoms with Crippen LogP contribution in [0.5, 0.6) is 5.75 Å². The van der Waals surface area contributed by atoms with Crippen molar-refractivity contribution >= 4 is 18.0 Å². The Morgan fingerprint density at radius 2 is 2.12 bits per heavy atom. The number of hydrogen-bond acceptors (Lipinski definition) is 4. The number of benzene rings is 1. The minimum atomic E-state index is -0.585. The predicted octanol–water partition coefficient (Wildman–Crippen LogP) is 2.59. The van der Waals surface area contributed by atoms with Crippen LogP contribution < -0.4 is 4.74 Å². The Hall–Kier alpha value is -2.17. The first-order valence-electron chi connectivity index (χ1n) is 5.09. The van der Waals surface area contributed by atoms with Crippen LogP contribution >= 0.6 is 0 Å². The monoisotopic (exact) mass is 233 g/mol. The molecule has 0 atom stereocenters. The molecule has 88 valence electrons. The van der Waals surface area contributed by atoms with Crippen molar-refractivity contribution in [2.24, 2.45) is 0 Å². The van der Waals surface area contributed by atoms with Crippen LogP contribution in [0.25, 0.3) is 6.08 Å². The number of ether oxygens (including phenoxy) is 1. The van der Waals surface area contributed by atoms with E-state index in [0.717, 1.165) is 0 Å². The highest BCUT2D eigenvalue weighted by molar-refractivity contribution is 5.84. The van der Waals surface area contributed by atoms with Crippen LogP contribution in [0.2, 0.25) is 0 Å². The number of hydrogen-bond donors (Lipinski definition) is 0. The number of nitrogens with zero attached hydrogens (tertiary/aromatic N) is 1. The summed E-state index contributed by atoms with van der Waals surface area (Å²) < 4.78 is 5.60. The van der Waals surface area contributed by atoms with Gasteiger partial charge in [0.05, 0.1) is 16.6 Å². The molecule has 1 heterocycles. The lowest BCUT2D eigenvalue weighted by Gasteiger charge is -2.27. The van der Waals surface area contributed by atoms with E-state index in [1.54, 1.807) is 6.08 Å². The average molecular weight is 233 g/mol. The highest BCUT2D eigenvalue weighted by atomic mass is 16.6. The van der Waals surface area contributed by atoms with E-state index >= 15 is 0 Å². The van der Waals surface area contributed by atoms with Gasteiger partial charge in [-0.3, -0.25) is 14.9 Å². The molecule has 0 spiro atoms. The molecular weight excluding hydrogens is 222 g/mol. The summed E-state index contributed by atoms with van der Waals surface area (Å²) in [4.78, 5) is 21.0. The Morgan fingerprint density at radius 3 is 2.71 bits per heavy atom. The predicted molar refractivity (Wildman–Crippen MR) is 62.2 cm³/mol. The third-order valence-corrected chi connectivity index (χ3v) is 2.52. The Labute approximate surface area is 97.9 Å². The summed E-state index contributed by atoms with van der Waals surface area (Å²) in [7, 11) is 0. The molecular formula is C12H11NO4. The van der Waals surface area contributed by atoms with Crippen LogP contribution in [0.1, 0.15) is 29.8 Å². The summed E-state index contributed by atoms with van der Waals surface area (Å²) in [5.74, 6) is 0.426. The SMILES string of the molecule is CC1(C)C=Cc2cc(C=O)c([N+](=O)[O-])cc2O1. The number of nitro benzene ring substituents is 1. The van der Waals surface area contributed by atoms with Crippen molar-refractivity contribution in [3.63, 3.8) is 0 Å². The summed E-state index contributed by atoms with van der Waals surface area (Å²) in [5, 5.41) is 10.8. The number of nitro groups is 1. The second-order valence-electron chi connectivity index (χ2n) is 4.36. The smallest absolute Gasteiger partial charge is 0.283 e. The van der Waals surface area contributed by atoms with Gasteiger partial charge in [0.2, 0.25) is 0 Å². The molecule has 0 aliphatic carbocycles. The first-order chi connectivity index (χ1) is 7.93. The lowest BCUT2D eigenvalue weighted by Crippen LogP contribution is -2.27. The molecule has 2 rings (SSSR count). The van der Waals surface area contributed by atoms with Gasteiger partial charge in [0.1, 0.15) is 11.4 Å². The molecule has 0 saturated heterocycles. The molecule has 1 aliphatic rings. The third kappa shape index (κ3) is 2.04. The van der Waals surface area contributed by atoms with Crippen LogP contribution in [-0.2, 0) is 0 Å². The van der Waals surface area contributed by atoms with Gasteiger partial charge < -0.3 is 4.74 Å². The second kappa shape index (κ2) is 3.69. The molecule has 0 bridgehead atoms. The number of carbonyl (C=O) groups is 1. The Bertz CT molecular complexity index is 532. The maximum Gasteiger partial charge on any atom is 0.283 e. The molecule has 0 saturated carbocycles. The van der Waals surface area contributed by atoms with E-state index in [2.05, 4.69) is 0 Å². The zero-order valence-electron chi connectivity index (χ0n) is 9.47. The lowest BCUT2D eigenvalue weighted by molar-refractivity contribution is -0.385. The Morgan fingerprint density at radius 1 is 1.41 bits per heavy atom. The standard InChI is InChI=1S/C12H11NO4/c1-12(2)4-3-8-5-9(7-14)10(13(15)16)6-11(8)17-12/h3-7H,1-2H3. The van der Waals surface area contributed by atoms with E-state index < -0.39 is 10.5 Å². The van der Waals surface area contributed by atoms with Gasteiger partial charge in [-0.25, -0.2) is 0 Å². The summed E-state index contributed by atoms with van der Waals surface area (Å²) in [6, 6.07) is 2.76. The van der Waals surface area contributed by atoms with Crippen molar-refractivity contribution in [2.45, 2.75) is 19.4 Å². The molecule has 0 aromatic heterocycles. The first-order valence-corrected chi connectivity index (χ1v) is 5.09.